The van der Waals surface area contributed by atoms with Crippen LogP contribution in [-0.4, -0.2) is 5.11 Å². The zero-order valence-electron chi connectivity index (χ0n) is 8.36. The Morgan fingerprint density at radius 2 is 2.00 bits per heavy atom. The Hall–Kier alpha value is -0.350. The van der Waals surface area contributed by atoms with E-state index in [0.717, 1.165) is 19.9 Å². The summed E-state index contributed by atoms with van der Waals surface area (Å²) >= 11 is 10.8. The molecule has 1 nitrogen and oxygen atoms in total. The average molecular weight is 318 g/mol. The Morgan fingerprint density at radius 1 is 1.31 bits per heavy atom. The van der Waals surface area contributed by atoms with Gasteiger partial charge in [-0.05, 0) is 50.6 Å². The van der Waals surface area contributed by atoms with Crippen LogP contribution in [0.5, 0.6) is 0 Å². The highest BCUT2D eigenvalue weighted by Gasteiger charge is 2.10. The molecule has 0 amide bonds. The molecule has 84 valence electrons. The first-order valence-electron chi connectivity index (χ1n) is 4.81. The minimum Gasteiger partial charge on any atom is -0.388 e. The molecule has 1 aromatic carbocycles. The molecule has 1 N–H and O–H groups in total. The molecule has 1 heterocycles. The van der Waals surface area contributed by atoms with E-state index < -0.39 is 6.10 Å². The molecular formula is C12H10BrClOS. The molecule has 1 aromatic heterocycles. The molecular weight excluding hydrogens is 308 g/mol. The van der Waals surface area contributed by atoms with Gasteiger partial charge in [0.15, 0.2) is 0 Å². The molecule has 2 rings (SSSR count). The molecule has 1 atom stereocenters. The predicted octanol–water partition coefficient (Wildman–Crippen LogP) is 4.44. The number of halogens is 2. The molecule has 2 aromatic rings. The lowest BCUT2D eigenvalue weighted by Crippen LogP contribution is -1.99. The lowest BCUT2D eigenvalue weighted by Gasteiger charge is -2.08. The van der Waals surface area contributed by atoms with Crippen LogP contribution < -0.4 is 0 Å². The predicted molar refractivity (Wildman–Crippen MR) is 72.1 cm³/mol. The second kappa shape index (κ2) is 5.32. The van der Waals surface area contributed by atoms with Crippen molar-refractivity contribution in [1.82, 2.24) is 0 Å². The summed E-state index contributed by atoms with van der Waals surface area (Å²) in [6, 6.07) is 9.51. The SMILES string of the molecule is OC(Cc1ccc(Cl)cc1)c1csc(Br)c1. The fraction of sp³-hybridized carbons (Fsp3) is 0.167. The number of thiophene rings is 1. The van der Waals surface area contributed by atoms with Gasteiger partial charge in [-0.3, -0.25) is 0 Å². The van der Waals surface area contributed by atoms with E-state index in [1.54, 1.807) is 11.3 Å². The molecule has 16 heavy (non-hydrogen) atoms. The number of benzene rings is 1. The van der Waals surface area contributed by atoms with Crippen molar-refractivity contribution in [2.24, 2.45) is 0 Å². The van der Waals surface area contributed by atoms with Crippen LogP contribution in [0.3, 0.4) is 0 Å². The van der Waals surface area contributed by atoms with Crippen LogP contribution in [0.15, 0.2) is 39.5 Å². The normalized spacial score (nSPS) is 12.7. The zero-order valence-corrected chi connectivity index (χ0v) is 11.5. The molecule has 0 saturated carbocycles. The summed E-state index contributed by atoms with van der Waals surface area (Å²) < 4.78 is 1.04. The molecule has 1 unspecified atom stereocenters. The van der Waals surface area contributed by atoms with Crippen LogP contribution in [0.25, 0.3) is 0 Å². The second-order valence-electron chi connectivity index (χ2n) is 3.53. The third-order valence-corrected chi connectivity index (χ3v) is 4.09. The van der Waals surface area contributed by atoms with Crippen LogP contribution in [0.4, 0.5) is 0 Å². The van der Waals surface area contributed by atoms with Crippen LogP contribution >= 0.6 is 38.9 Å². The van der Waals surface area contributed by atoms with E-state index in [1.165, 1.54) is 0 Å². The first kappa shape index (κ1) is 12.1. The quantitative estimate of drug-likeness (QED) is 0.887. The van der Waals surface area contributed by atoms with Crippen LogP contribution in [-0.2, 0) is 6.42 Å². The second-order valence-corrected chi connectivity index (χ2v) is 6.26. The number of aliphatic hydroxyl groups excluding tert-OH is 1. The summed E-state index contributed by atoms with van der Waals surface area (Å²) in [7, 11) is 0. The standard InChI is InChI=1S/C12H10BrClOS/c13-12-6-9(7-16-12)11(15)5-8-1-3-10(14)4-2-8/h1-4,6-7,11,15H,5H2. The minimum atomic E-state index is -0.455. The van der Waals surface area contributed by atoms with E-state index in [9.17, 15) is 5.11 Å². The van der Waals surface area contributed by atoms with Gasteiger partial charge in [0, 0.05) is 11.4 Å². The number of aliphatic hydroxyl groups is 1. The van der Waals surface area contributed by atoms with E-state index in [4.69, 9.17) is 11.6 Å². The topological polar surface area (TPSA) is 20.2 Å². The molecule has 0 aliphatic carbocycles. The van der Waals surface area contributed by atoms with Crippen molar-refractivity contribution >= 4 is 38.9 Å². The number of rotatable bonds is 3. The first-order chi connectivity index (χ1) is 7.65. The van der Waals surface area contributed by atoms with Crippen molar-refractivity contribution in [3.63, 3.8) is 0 Å². The van der Waals surface area contributed by atoms with Gasteiger partial charge < -0.3 is 5.11 Å². The Labute approximate surface area is 112 Å². The van der Waals surface area contributed by atoms with Gasteiger partial charge >= 0.3 is 0 Å². The van der Waals surface area contributed by atoms with Gasteiger partial charge in [0.2, 0.25) is 0 Å². The summed E-state index contributed by atoms with van der Waals surface area (Å²) in [4.78, 5) is 0. The van der Waals surface area contributed by atoms with Crippen molar-refractivity contribution in [2.75, 3.05) is 0 Å². The fourth-order valence-electron chi connectivity index (χ4n) is 1.46. The van der Waals surface area contributed by atoms with E-state index >= 15 is 0 Å². The number of hydrogen-bond acceptors (Lipinski definition) is 2. The van der Waals surface area contributed by atoms with Crippen LogP contribution in [0, 0.1) is 0 Å². The zero-order chi connectivity index (χ0) is 11.5. The molecule has 4 heteroatoms. The fourth-order valence-corrected chi connectivity index (χ4v) is 2.81. The molecule has 0 bridgehead atoms. The summed E-state index contributed by atoms with van der Waals surface area (Å²) in [6.45, 7) is 0. The van der Waals surface area contributed by atoms with Crippen molar-refractivity contribution in [3.05, 3.63) is 55.6 Å². The van der Waals surface area contributed by atoms with E-state index in [-0.39, 0.29) is 0 Å². The third kappa shape index (κ3) is 3.08. The van der Waals surface area contributed by atoms with E-state index in [2.05, 4.69) is 15.9 Å². The Morgan fingerprint density at radius 3 is 2.56 bits per heavy atom. The largest absolute Gasteiger partial charge is 0.388 e. The van der Waals surface area contributed by atoms with Gasteiger partial charge in [0.1, 0.15) is 0 Å². The summed E-state index contributed by atoms with van der Waals surface area (Å²) in [6.07, 6.45) is 0.157. The van der Waals surface area contributed by atoms with Gasteiger partial charge in [-0.2, -0.15) is 0 Å². The van der Waals surface area contributed by atoms with E-state index in [1.807, 2.05) is 35.7 Å². The number of hydrogen-bond donors (Lipinski definition) is 1. The molecule has 0 aliphatic rings. The van der Waals surface area contributed by atoms with Gasteiger partial charge in [0.05, 0.1) is 9.89 Å². The molecule has 0 aliphatic heterocycles. The monoisotopic (exact) mass is 316 g/mol. The van der Waals surface area contributed by atoms with Gasteiger partial charge in [0.25, 0.3) is 0 Å². The van der Waals surface area contributed by atoms with Gasteiger partial charge in [-0.15, -0.1) is 11.3 Å². The van der Waals surface area contributed by atoms with Gasteiger partial charge in [-0.1, -0.05) is 23.7 Å². The molecule has 0 fully saturated rings. The van der Waals surface area contributed by atoms with Crippen molar-refractivity contribution < 1.29 is 5.11 Å². The smallest absolute Gasteiger partial charge is 0.0838 e. The summed E-state index contributed by atoms with van der Waals surface area (Å²) in [5.41, 5.74) is 2.03. The minimum absolute atomic E-state index is 0.455. The first-order valence-corrected chi connectivity index (χ1v) is 6.86. The highest BCUT2D eigenvalue weighted by atomic mass is 79.9. The maximum atomic E-state index is 10.0. The third-order valence-electron chi connectivity index (χ3n) is 2.31. The molecule has 0 radical (unpaired) electrons. The van der Waals surface area contributed by atoms with Crippen molar-refractivity contribution in [1.29, 1.82) is 0 Å². The molecule has 0 saturated heterocycles. The Balaban J connectivity index is 2.07. The maximum absolute atomic E-state index is 10.0. The highest BCUT2D eigenvalue weighted by molar-refractivity contribution is 9.11. The Kier molecular flexibility index (Phi) is 4.03. The lowest BCUT2D eigenvalue weighted by molar-refractivity contribution is 0.179. The highest BCUT2D eigenvalue weighted by Crippen LogP contribution is 2.27. The van der Waals surface area contributed by atoms with Crippen molar-refractivity contribution in [2.45, 2.75) is 12.5 Å². The lowest BCUT2D eigenvalue weighted by atomic mass is 10.0. The summed E-state index contributed by atoms with van der Waals surface area (Å²) in [5.74, 6) is 0. The van der Waals surface area contributed by atoms with Crippen molar-refractivity contribution in [3.8, 4) is 0 Å². The van der Waals surface area contributed by atoms with Crippen LogP contribution in [0.2, 0.25) is 5.02 Å². The maximum Gasteiger partial charge on any atom is 0.0838 e. The molecule has 0 spiro atoms. The van der Waals surface area contributed by atoms with E-state index in [0.29, 0.717) is 6.42 Å². The van der Waals surface area contributed by atoms with Gasteiger partial charge in [-0.25, -0.2) is 0 Å². The van der Waals surface area contributed by atoms with Crippen LogP contribution in [0.1, 0.15) is 17.2 Å². The average Bonchev–Trinajstić information content (AvgIpc) is 2.68. The summed E-state index contributed by atoms with van der Waals surface area (Å²) in [5, 5.41) is 12.7. The Bertz CT molecular complexity index is 466.